The molecule has 0 saturated carbocycles. The van der Waals surface area contributed by atoms with Crippen LogP contribution in [0.3, 0.4) is 0 Å². The first kappa shape index (κ1) is 16.8. The van der Waals surface area contributed by atoms with Gasteiger partial charge in [-0.3, -0.25) is 4.79 Å². The topological polar surface area (TPSA) is 69.3 Å². The van der Waals surface area contributed by atoms with Crippen LogP contribution in [0.15, 0.2) is 71.8 Å². The molecule has 0 aliphatic heterocycles. The first-order chi connectivity index (χ1) is 13.2. The number of carbonyl (C=O) groups excluding carboxylic acids is 1. The molecule has 1 heterocycles. The summed E-state index contributed by atoms with van der Waals surface area (Å²) in [5, 5.41) is 10.6. The molecule has 5 heteroatoms. The molecular formula is C22H20N4O. The standard InChI is InChI=1S/C22H20N4O/c1-15-19(18-10-4-5-11-21(18)25-15)13-24-26-22(27)14-23-20-12-6-8-16-7-2-3-9-17(16)20/h2-13,23,25H,14H2,1H3,(H,26,27). The molecule has 4 aromatic rings. The molecule has 27 heavy (non-hydrogen) atoms. The average molecular weight is 356 g/mol. The van der Waals surface area contributed by atoms with Gasteiger partial charge in [0.25, 0.3) is 5.91 Å². The van der Waals surface area contributed by atoms with Crippen LogP contribution in [0.5, 0.6) is 0 Å². The number of H-pyrrole nitrogens is 1. The fourth-order valence-electron chi connectivity index (χ4n) is 3.23. The van der Waals surface area contributed by atoms with Crippen LogP contribution in [-0.2, 0) is 4.79 Å². The lowest BCUT2D eigenvalue weighted by atomic mass is 10.1. The Morgan fingerprint density at radius 2 is 1.74 bits per heavy atom. The van der Waals surface area contributed by atoms with E-state index < -0.39 is 0 Å². The Morgan fingerprint density at radius 3 is 2.63 bits per heavy atom. The first-order valence-corrected chi connectivity index (χ1v) is 8.83. The fourth-order valence-corrected chi connectivity index (χ4v) is 3.23. The number of rotatable bonds is 5. The Bertz CT molecular complexity index is 1140. The molecule has 0 aliphatic rings. The van der Waals surface area contributed by atoms with Gasteiger partial charge in [-0.15, -0.1) is 0 Å². The molecule has 5 nitrogen and oxygen atoms in total. The van der Waals surface area contributed by atoms with E-state index in [-0.39, 0.29) is 12.5 Å². The van der Waals surface area contributed by atoms with E-state index in [1.165, 1.54) is 0 Å². The molecule has 4 rings (SSSR count). The van der Waals surface area contributed by atoms with Crippen LogP contribution in [0.4, 0.5) is 5.69 Å². The third-order valence-corrected chi connectivity index (χ3v) is 4.56. The summed E-state index contributed by atoms with van der Waals surface area (Å²) in [6, 6.07) is 22.1. The summed E-state index contributed by atoms with van der Waals surface area (Å²) in [7, 11) is 0. The SMILES string of the molecule is Cc1[nH]c2ccccc2c1C=NNC(=O)CNc1cccc2ccccc12. The number of aryl methyl sites for hydroxylation is 1. The molecule has 3 aromatic carbocycles. The molecule has 0 fully saturated rings. The predicted molar refractivity (Wildman–Crippen MR) is 111 cm³/mol. The van der Waals surface area contributed by atoms with Crippen molar-refractivity contribution in [3.63, 3.8) is 0 Å². The molecule has 134 valence electrons. The largest absolute Gasteiger partial charge is 0.376 e. The molecule has 3 N–H and O–H groups in total. The zero-order valence-electron chi connectivity index (χ0n) is 15.0. The maximum absolute atomic E-state index is 12.1. The van der Waals surface area contributed by atoms with Crippen molar-refractivity contribution < 1.29 is 4.79 Å². The monoisotopic (exact) mass is 356 g/mol. The van der Waals surface area contributed by atoms with E-state index in [1.54, 1.807) is 6.21 Å². The van der Waals surface area contributed by atoms with Gasteiger partial charge in [0.15, 0.2) is 0 Å². The van der Waals surface area contributed by atoms with Crippen LogP contribution in [0, 0.1) is 6.92 Å². The summed E-state index contributed by atoms with van der Waals surface area (Å²) in [4.78, 5) is 15.4. The van der Waals surface area contributed by atoms with Crippen molar-refractivity contribution in [3.05, 3.63) is 78.0 Å². The molecular weight excluding hydrogens is 336 g/mol. The summed E-state index contributed by atoms with van der Waals surface area (Å²) in [5.74, 6) is -0.198. The minimum absolute atomic E-state index is 0.151. The van der Waals surface area contributed by atoms with Gasteiger partial charge in [-0.2, -0.15) is 5.10 Å². The van der Waals surface area contributed by atoms with Gasteiger partial charge in [0, 0.05) is 33.2 Å². The summed E-state index contributed by atoms with van der Waals surface area (Å²) < 4.78 is 0. The van der Waals surface area contributed by atoms with Crippen molar-refractivity contribution in [3.8, 4) is 0 Å². The molecule has 0 bridgehead atoms. The number of amides is 1. The smallest absolute Gasteiger partial charge is 0.259 e. The normalized spacial score (nSPS) is 11.3. The number of anilines is 1. The van der Waals surface area contributed by atoms with Gasteiger partial charge in [-0.05, 0) is 24.4 Å². The average Bonchev–Trinajstić information content (AvgIpc) is 3.02. The summed E-state index contributed by atoms with van der Waals surface area (Å²) in [6.45, 7) is 2.14. The number of nitrogens with zero attached hydrogens (tertiary/aromatic N) is 1. The number of hydrogen-bond donors (Lipinski definition) is 3. The van der Waals surface area contributed by atoms with E-state index >= 15 is 0 Å². The number of aromatic amines is 1. The van der Waals surface area contributed by atoms with E-state index in [9.17, 15) is 4.79 Å². The van der Waals surface area contributed by atoms with Crippen molar-refractivity contribution in [2.45, 2.75) is 6.92 Å². The second kappa shape index (κ2) is 7.33. The minimum Gasteiger partial charge on any atom is -0.376 e. The van der Waals surface area contributed by atoms with Crippen LogP contribution >= 0.6 is 0 Å². The Morgan fingerprint density at radius 1 is 1.00 bits per heavy atom. The number of aromatic nitrogens is 1. The van der Waals surface area contributed by atoms with Gasteiger partial charge in [0.1, 0.15) is 0 Å². The highest BCUT2D eigenvalue weighted by Crippen LogP contribution is 2.22. The Balaban J connectivity index is 1.41. The number of nitrogens with one attached hydrogen (secondary N) is 3. The highest BCUT2D eigenvalue weighted by molar-refractivity contribution is 6.01. The van der Waals surface area contributed by atoms with Gasteiger partial charge in [0.05, 0.1) is 12.8 Å². The third-order valence-electron chi connectivity index (χ3n) is 4.56. The second-order valence-electron chi connectivity index (χ2n) is 6.38. The van der Waals surface area contributed by atoms with E-state index in [2.05, 4.69) is 33.0 Å². The van der Waals surface area contributed by atoms with Crippen LogP contribution in [0.2, 0.25) is 0 Å². The summed E-state index contributed by atoms with van der Waals surface area (Å²) in [5.41, 5.74) is 6.57. The van der Waals surface area contributed by atoms with Gasteiger partial charge in [-0.1, -0.05) is 54.6 Å². The molecule has 0 spiro atoms. The van der Waals surface area contributed by atoms with Crippen LogP contribution in [0.1, 0.15) is 11.3 Å². The first-order valence-electron chi connectivity index (χ1n) is 8.83. The quantitative estimate of drug-likeness (QED) is 0.371. The Labute approximate surface area is 157 Å². The molecule has 0 unspecified atom stereocenters. The maximum atomic E-state index is 12.1. The van der Waals surface area contributed by atoms with E-state index in [1.807, 2.05) is 61.5 Å². The summed E-state index contributed by atoms with van der Waals surface area (Å²) in [6.07, 6.45) is 1.68. The lowest BCUT2D eigenvalue weighted by Crippen LogP contribution is -2.25. The van der Waals surface area contributed by atoms with Crippen molar-refractivity contribution in [1.29, 1.82) is 0 Å². The molecule has 1 amide bonds. The van der Waals surface area contributed by atoms with Gasteiger partial charge in [0.2, 0.25) is 0 Å². The van der Waals surface area contributed by atoms with Gasteiger partial charge < -0.3 is 10.3 Å². The van der Waals surface area contributed by atoms with E-state index in [0.29, 0.717) is 0 Å². The van der Waals surface area contributed by atoms with Crippen LogP contribution in [0.25, 0.3) is 21.7 Å². The van der Waals surface area contributed by atoms with E-state index in [0.717, 1.165) is 38.6 Å². The molecule has 0 saturated heterocycles. The molecule has 1 aromatic heterocycles. The van der Waals surface area contributed by atoms with Crippen molar-refractivity contribution in [2.75, 3.05) is 11.9 Å². The lowest BCUT2D eigenvalue weighted by molar-refractivity contribution is -0.119. The summed E-state index contributed by atoms with van der Waals surface area (Å²) >= 11 is 0. The van der Waals surface area contributed by atoms with Crippen LogP contribution in [-0.4, -0.2) is 23.7 Å². The minimum atomic E-state index is -0.198. The maximum Gasteiger partial charge on any atom is 0.259 e. The van der Waals surface area contributed by atoms with Crippen molar-refractivity contribution in [2.24, 2.45) is 5.10 Å². The highest BCUT2D eigenvalue weighted by Gasteiger charge is 2.06. The zero-order chi connectivity index (χ0) is 18.6. The Hall–Kier alpha value is -3.60. The number of hydrogen-bond acceptors (Lipinski definition) is 3. The van der Waals surface area contributed by atoms with Crippen LogP contribution < -0.4 is 10.7 Å². The van der Waals surface area contributed by atoms with Crippen molar-refractivity contribution in [1.82, 2.24) is 10.4 Å². The molecule has 0 radical (unpaired) electrons. The zero-order valence-corrected chi connectivity index (χ0v) is 15.0. The predicted octanol–water partition coefficient (Wildman–Crippen LogP) is 4.19. The molecule has 0 aliphatic carbocycles. The van der Waals surface area contributed by atoms with Gasteiger partial charge in [-0.25, -0.2) is 5.43 Å². The van der Waals surface area contributed by atoms with E-state index in [4.69, 9.17) is 0 Å². The Kier molecular flexibility index (Phi) is 4.58. The number of fused-ring (bicyclic) bond motifs is 2. The lowest BCUT2D eigenvalue weighted by Gasteiger charge is -2.08. The number of benzene rings is 3. The third kappa shape index (κ3) is 3.53. The van der Waals surface area contributed by atoms with Crippen molar-refractivity contribution >= 4 is 39.5 Å². The number of hydrazone groups is 1. The second-order valence-corrected chi connectivity index (χ2v) is 6.38. The number of para-hydroxylation sites is 1. The van der Waals surface area contributed by atoms with Gasteiger partial charge >= 0.3 is 0 Å². The molecule has 0 atom stereocenters. The highest BCUT2D eigenvalue weighted by atomic mass is 16.2. The number of carbonyl (C=O) groups is 1. The fraction of sp³-hybridized carbons (Fsp3) is 0.0909.